The molecule has 12 heteroatoms. The summed E-state index contributed by atoms with van der Waals surface area (Å²) in [5.74, 6) is -1.24. The molecule has 1 fully saturated rings. The van der Waals surface area contributed by atoms with Gasteiger partial charge in [-0.3, -0.25) is 14.9 Å². The molecular weight excluding hydrogens is 458 g/mol. The fraction of sp³-hybridized carbons (Fsp3) is 0.350. The third kappa shape index (κ3) is 5.71. The number of carbonyl (C=O) groups excluding carboxylic acids is 3. The van der Waals surface area contributed by atoms with Crippen LogP contribution in [0.1, 0.15) is 34.6 Å². The van der Waals surface area contributed by atoms with Crippen molar-refractivity contribution in [2.24, 2.45) is 0 Å². The van der Waals surface area contributed by atoms with E-state index in [1.54, 1.807) is 19.2 Å². The molecule has 3 amide bonds. The Morgan fingerprint density at radius 2 is 1.72 bits per heavy atom. The number of nitrogens with zero attached hydrogens (tertiary/aromatic N) is 1. The largest absolute Gasteiger partial charge is 0.447 e. The van der Waals surface area contributed by atoms with E-state index in [0.717, 1.165) is 11.3 Å². The summed E-state index contributed by atoms with van der Waals surface area (Å²) >= 11 is 1.11. The number of alkyl carbamates (subject to hydrolysis) is 1. The number of sulfonamides is 1. The van der Waals surface area contributed by atoms with E-state index >= 15 is 0 Å². The Morgan fingerprint density at radius 1 is 1.06 bits per heavy atom. The molecule has 0 bridgehead atoms. The van der Waals surface area contributed by atoms with E-state index in [-0.39, 0.29) is 40.2 Å². The molecule has 32 heavy (non-hydrogen) atoms. The Kier molecular flexibility index (Phi) is 7.61. The van der Waals surface area contributed by atoms with Crippen molar-refractivity contribution in [3.05, 3.63) is 46.8 Å². The predicted octanol–water partition coefficient (Wildman–Crippen LogP) is 2.30. The lowest BCUT2D eigenvalue weighted by Gasteiger charge is -2.26. The van der Waals surface area contributed by atoms with Gasteiger partial charge in [0.25, 0.3) is 11.8 Å². The van der Waals surface area contributed by atoms with Gasteiger partial charge in [0.1, 0.15) is 5.00 Å². The molecule has 2 N–H and O–H groups in total. The second-order valence-electron chi connectivity index (χ2n) is 7.07. The molecule has 3 rings (SSSR count). The first-order valence-electron chi connectivity index (χ1n) is 9.77. The highest BCUT2D eigenvalue weighted by Gasteiger charge is 2.26. The summed E-state index contributed by atoms with van der Waals surface area (Å²) < 4.78 is 36.8. The Morgan fingerprint density at radius 3 is 2.34 bits per heavy atom. The topological polar surface area (TPSA) is 131 Å². The number of morpholine rings is 1. The maximum absolute atomic E-state index is 12.7. The van der Waals surface area contributed by atoms with Crippen LogP contribution in [0, 0.1) is 0 Å². The standard InChI is InChI=1S/C20H23N3O7S2/c1-13(2)30-20(26)22-18(25)16-7-12-31-19(16)21-17(24)14-3-5-15(6-4-14)32(27,28)23-8-10-29-11-9-23/h3-7,12-13H,8-11H2,1-2H3,(H,21,24)(H,22,25,26). The number of hydrogen-bond acceptors (Lipinski definition) is 8. The summed E-state index contributed by atoms with van der Waals surface area (Å²) in [6.45, 7) is 4.53. The van der Waals surface area contributed by atoms with Gasteiger partial charge in [-0.1, -0.05) is 0 Å². The van der Waals surface area contributed by atoms with Crippen molar-refractivity contribution in [3.8, 4) is 0 Å². The molecule has 0 unspecified atom stereocenters. The number of nitrogens with one attached hydrogen (secondary N) is 2. The first kappa shape index (κ1) is 23.9. The van der Waals surface area contributed by atoms with Crippen molar-refractivity contribution >= 4 is 44.3 Å². The summed E-state index contributed by atoms with van der Waals surface area (Å²) in [4.78, 5) is 36.6. The van der Waals surface area contributed by atoms with Crippen LogP contribution in [-0.4, -0.2) is 63.0 Å². The SMILES string of the molecule is CC(C)OC(=O)NC(=O)c1ccsc1NC(=O)c1ccc(S(=O)(=O)N2CCOCC2)cc1. The van der Waals surface area contributed by atoms with Crippen LogP contribution in [0.25, 0.3) is 0 Å². The van der Waals surface area contributed by atoms with Crippen LogP contribution in [0.15, 0.2) is 40.6 Å². The molecule has 2 aromatic rings. The van der Waals surface area contributed by atoms with Crippen LogP contribution in [-0.2, 0) is 19.5 Å². The summed E-state index contributed by atoms with van der Waals surface area (Å²) in [6.07, 6.45) is -1.27. The fourth-order valence-electron chi connectivity index (χ4n) is 2.88. The second kappa shape index (κ2) is 10.2. The number of carbonyl (C=O) groups is 3. The number of hydrogen-bond donors (Lipinski definition) is 2. The lowest BCUT2D eigenvalue weighted by atomic mass is 10.2. The van der Waals surface area contributed by atoms with E-state index in [4.69, 9.17) is 9.47 Å². The molecule has 0 spiro atoms. The van der Waals surface area contributed by atoms with E-state index in [1.807, 2.05) is 0 Å². The van der Waals surface area contributed by atoms with Gasteiger partial charge in [-0.05, 0) is 49.6 Å². The van der Waals surface area contributed by atoms with Crippen molar-refractivity contribution in [2.75, 3.05) is 31.6 Å². The van der Waals surface area contributed by atoms with Gasteiger partial charge in [0.2, 0.25) is 10.0 Å². The average molecular weight is 482 g/mol. The monoisotopic (exact) mass is 481 g/mol. The molecule has 10 nitrogen and oxygen atoms in total. The zero-order valence-electron chi connectivity index (χ0n) is 17.5. The van der Waals surface area contributed by atoms with Gasteiger partial charge in [-0.25, -0.2) is 13.2 Å². The summed E-state index contributed by atoms with van der Waals surface area (Å²) in [6, 6.07) is 7.00. The van der Waals surface area contributed by atoms with Crippen molar-refractivity contribution in [1.82, 2.24) is 9.62 Å². The number of anilines is 1. The van der Waals surface area contributed by atoms with Crippen LogP contribution < -0.4 is 10.6 Å². The molecule has 1 aromatic carbocycles. The quantitative estimate of drug-likeness (QED) is 0.647. The summed E-state index contributed by atoms with van der Waals surface area (Å²) in [7, 11) is -3.67. The lowest BCUT2D eigenvalue weighted by molar-refractivity contribution is 0.0730. The van der Waals surface area contributed by atoms with E-state index in [0.29, 0.717) is 13.2 Å². The molecule has 0 saturated carbocycles. The highest BCUT2D eigenvalue weighted by atomic mass is 32.2. The minimum atomic E-state index is -3.67. The number of amides is 3. The van der Waals surface area contributed by atoms with Crippen LogP contribution in [0.4, 0.5) is 9.80 Å². The van der Waals surface area contributed by atoms with Gasteiger partial charge in [0.05, 0.1) is 29.8 Å². The average Bonchev–Trinajstić information content (AvgIpc) is 3.22. The van der Waals surface area contributed by atoms with E-state index in [2.05, 4.69) is 10.6 Å². The zero-order valence-corrected chi connectivity index (χ0v) is 19.1. The van der Waals surface area contributed by atoms with Crippen LogP contribution >= 0.6 is 11.3 Å². The van der Waals surface area contributed by atoms with Gasteiger partial charge in [-0.15, -0.1) is 11.3 Å². The Hall–Kier alpha value is -2.80. The number of benzene rings is 1. The Labute approximate surface area is 189 Å². The van der Waals surface area contributed by atoms with E-state index in [9.17, 15) is 22.8 Å². The maximum atomic E-state index is 12.7. The Bertz CT molecular complexity index is 1090. The highest BCUT2D eigenvalue weighted by molar-refractivity contribution is 7.89. The van der Waals surface area contributed by atoms with Gasteiger partial charge in [-0.2, -0.15) is 4.31 Å². The fourth-order valence-corrected chi connectivity index (χ4v) is 5.07. The summed E-state index contributed by atoms with van der Waals surface area (Å²) in [5.41, 5.74) is 0.320. The maximum Gasteiger partial charge on any atom is 0.414 e. The third-order valence-electron chi connectivity index (χ3n) is 4.42. The number of ether oxygens (including phenoxy) is 2. The molecule has 1 aliphatic heterocycles. The molecule has 172 valence electrons. The second-order valence-corrected chi connectivity index (χ2v) is 9.92. The minimum absolute atomic E-state index is 0.0794. The van der Waals surface area contributed by atoms with Crippen molar-refractivity contribution in [2.45, 2.75) is 24.8 Å². The molecule has 0 atom stereocenters. The van der Waals surface area contributed by atoms with Crippen LogP contribution in [0.2, 0.25) is 0 Å². The molecule has 0 radical (unpaired) electrons. The van der Waals surface area contributed by atoms with Crippen LogP contribution in [0.3, 0.4) is 0 Å². The normalized spacial score (nSPS) is 14.7. The van der Waals surface area contributed by atoms with Gasteiger partial charge in [0, 0.05) is 18.7 Å². The zero-order chi connectivity index (χ0) is 23.3. The van der Waals surface area contributed by atoms with Crippen molar-refractivity contribution in [1.29, 1.82) is 0 Å². The molecule has 1 aromatic heterocycles. The van der Waals surface area contributed by atoms with Crippen molar-refractivity contribution < 1.29 is 32.3 Å². The molecule has 0 aliphatic carbocycles. The van der Waals surface area contributed by atoms with Crippen molar-refractivity contribution in [3.63, 3.8) is 0 Å². The highest BCUT2D eigenvalue weighted by Crippen LogP contribution is 2.24. The molecule has 1 saturated heterocycles. The molecular formula is C20H23N3O7S2. The van der Waals surface area contributed by atoms with E-state index in [1.165, 1.54) is 34.6 Å². The number of thiophene rings is 1. The third-order valence-corrected chi connectivity index (χ3v) is 7.16. The first-order valence-corrected chi connectivity index (χ1v) is 12.1. The van der Waals surface area contributed by atoms with Gasteiger partial charge >= 0.3 is 6.09 Å². The summed E-state index contributed by atoms with van der Waals surface area (Å²) in [5, 5.41) is 6.55. The minimum Gasteiger partial charge on any atom is -0.447 e. The van der Waals surface area contributed by atoms with E-state index < -0.39 is 27.9 Å². The van der Waals surface area contributed by atoms with Crippen LogP contribution in [0.5, 0.6) is 0 Å². The number of rotatable bonds is 6. The lowest BCUT2D eigenvalue weighted by Crippen LogP contribution is -2.40. The first-order chi connectivity index (χ1) is 15.2. The smallest absolute Gasteiger partial charge is 0.414 e. The molecule has 2 heterocycles. The predicted molar refractivity (Wildman–Crippen MR) is 117 cm³/mol. The Balaban J connectivity index is 1.68. The molecule has 1 aliphatic rings. The van der Waals surface area contributed by atoms with Gasteiger partial charge in [0.15, 0.2) is 0 Å². The van der Waals surface area contributed by atoms with Gasteiger partial charge < -0.3 is 14.8 Å². The number of imide groups is 1.